The lowest BCUT2D eigenvalue weighted by Crippen LogP contribution is -2.31. The van der Waals surface area contributed by atoms with Crippen molar-refractivity contribution in [1.29, 1.82) is 0 Å². The molecular weight excluding hydrogens is 376 g/mol. The first-order valence-electron chi connectivity index (χ1n) is 10.0. The molecule has 0 spiro atoms. The molecule has 1 aliphatic rings. The number of nitrogens with zero attached hydrogens (tertiary/aromatic N) is 2. The van der Waals surface area contributed by atoms with Gasteiger partial charge < -0.3 is 9.84 Å². The van der Waals surface area contributed by atoms with Gasteiger partial charge in [-0.2, -0.15) is 0 Å². The van der Waals surface area contributed by atoms with Crippen LogP contribution in [0.4, 0.5) is 0 Å². The Morgan fingerprint density at radius 2 is 1.97 bits per heavy atom. The second-order valence-corrected chi connectivity index (χ2v) is 7.28. The molecule has 5 heteroatoms. The third-order valence-corrected chi connectivity index (χ3v) is 5.32. The number of carbonyl (C=O) groups is 1. The van der Waals surface area contributed by atoms with Crippen molar-refractivity contribution in [3.63, 3.8) is 0 Å². The van der Waals surface area contributed by atoms with Crippen LogP contribution < -0.4 is 4.74 Å². The molecule has 5 nitrogen and oxygen atoms in total. The summed E-state index contributed by atoms with van der Waals surface area (Å²) < 4.78 is 5.56. The molecule has 0 saturated carbocycles. The highest BCUT2D eigenvalue weighted by molar-refractivity contribution is 6.06. The minimum Gasteiger partial charge on any atom is -0.490 e. The third kappa shape index (κ3) is 3.84. The number of ether oxygens (including phenoxy) is 1. The van der Waals surface area contributed by atoms with E-state index in [2.05, 4.69) is 24.5 Å². The van der Waals surface area contributed by atoms with Gasteiger partial charge in [-0.05, 0) is 42.0 Å². The van der Waals surface area contributed by atoms with Gasteiger partial charge in [-0.3, -0.25) is 4.90 Å². The number of aromatic carboxylic acids is 1. The first kappa shape index (κ1) is 19.9. The summed E-state index contributed by atoms with van der Waals surface area (Å²) in [5.41, 5.74) is 4.66. The molecule has 1 aliphatic heterocycles. The number of hydrogen-bond donors (Lipinski definition) is 1. The molecule has 2 heterocycles. The van der Waals surface area contributed by atoms with Crippen molar-refractivity contribution < 1.29 is 14.6 Å². The van der Waals surface area contributed by atoms with Crippen LogP contribution in [0, 0.1) is 0 Å². The molecule has 30 heavy (non-hydrogen) atoms. The largest absolute Gasteiger partial charge is 0.490 e. The zero-order chi connectivity index (χ0) is 21.1. The molecule has 152 valence electrons. The molecule has 3 aromatic rings. The van der Waals surface area contributed by atoms with Crippen LogP contribution in [0.2, 0.25) is 0 Å². The molecule has 1 N–H and O–H groups in total. The first-order valence-corrected chi connectivity index (χ1v) is 10.0. The number of fused-ring (bicyclic) bond motifs is 2. The van der Waals surface area contributed by atoms with Crippen LogP contribution in [0.1, 0.15) is 34.1 Å². The van der Waals surface area contributed by atoms with Crippen LogP contribution in [-0.2, 0) is 6.54 Å². The zero-order valence-electron chi connectivity index (χ0n) is 17.0. The Kier molecular flexibility index (Phi) is 5.63. The minimum atomic E-state index is -0.911. The van der Waals surface area contributed by atoms with Crippen molar-refractivity contribution in [2.24, 2.45) is 0 Å². The fourth-order valence-electron chi connectivity index (χ4n) is 3.86. The number of benzene rings is 2. The van der Waals surface area contributed by atoms with Gasteiger partial charge in [0, 0.05) is 24.0 Å². The van der Waals surface area contributed by atoms with Crippen molar-refractivity contribution in [2.45, 2.75) is 13.5 Å². The summed E-state index contributed by atoms with van der Waals surface area (Å²) in [6, 6.07) is 15.3. The highest BCUT2D eigenvalue weighted by Gasteiger charge is 2.27. The maximum absolute atomic E-state index is 12.2. The van der Waals surface area contributed by atoms with E-state index < -0.39 is 5.97 Å². The maximum Gasteiger partial charge on any atom is 0.336 e. The lowest BCUT2D eigenvalue weighted by Gasteiger charge is -2.30. The lowest BCUT2D eigenvalue weighted by molar-refractivity contribution is 0.0696. The van der Waals surface area contributed by atoms with Gasteiger partial charge >= 0.3 is 5.97 Å². The summed E-state index contributed by atoms with van der Waals surface area (Å²) in [5, 5.41) is 10.7. The number of hydrogen-bond acceptors (Lipinski definition) is 4. The van der Waals surface area contributed by atoms with Crippen LogP contribution in [0.25, 0.3) is 22.6 Å². The topological polar surface area (TPSA) is 62.7 Å². The molecule has 0 unspecified atom stereocenters. The Bertz CT molecular complexity index is 1130. The summed E-state index contributed by atoms with van der Waals surface area (Å²) in [5.74, 6) is -0.126. The first-order chi connectivity index (χ1) is 14.6. The van der Waals surface area contributed by atoms with Gasteiger partial charge in [0.15, 0.2) is 0 Å². The summed E-state index contributed by atoms with van der Waals surface area (Å²) in [7, 11) is 0. The summed E-state index contributed by atoms with van der Waals surface area (Å²) in [4.78, 5) is 19.3. The molecule has 0 amide bonds. The lowest BCUT2D eigenvalue weighted by atomic mass is 9.92. The average Bonchev–Trinajstić information content (AvgIpc) is 2.76. The predicted molar refractivity (Wildman–Crippen MR) is 120 cm³/mol. The van der Waals surface area contributed by atoms with Crippen molar-refractivity contribution >= 4 is 28.5 Å². The second kappa shape index (κ2) is 8.51. The quantitative estimate of drug-likeness (QED) is 0.598. The molecule has 0 bridgehead atoms. The van der Waals surface area contributed by atoms with E-state index in [1.165, 1.54) is 0 Å². The molecule has 0 atom stereocenters. The standard InChI is InChI=1S/C25H24N2O3/c1-3-13-30-19-11-9-17(10-12-19)14-18-15-27(4-2)16-21-23(25(28)29)20-7-5-6-8-22(20)26-24(18)21/h3,5-12,14H,1,4,13,15-16H2,2H3,(H,28,29)/b18-14+. The minimum absolute atomic E-state index is 0.354. The van der Waals surface area contributed by atoms with Gasteiger partial charge in [0.25, 0.3) is 0 Å². The zero-order valence-corrected chi connectivity index (χ0v) is 17.0. The van der Waals surface area contributed by atoms with E-state index in [1.54, 1.807) is 6.08 Å². The fourth-order valence-corrected chi connectivity index (χ4v) is 3.86. The molecular formula is C25H24N2O3. The van der Waals surface area contributed by atoms with Gasteiger partial charge in [0.2, 0.25) is 0 Å². The van der Waals surface area contributed by atoms with E-state index in [0.29, 0.717) is 29.6 Å². The van der Waals surface area contributed by atoms with Gasteiger partial charge in [-0.1, -0.05) is 49.9 Å². The number of aromatic nitrogens is 1. The van der Waals surface area contributed by atoms with Crippen molar-refractivity contribution in [1.82, 2.24) is 9.88 Å². The summed E-state index contributed by atoms with van der Waals surface area (Å²) in [6.45, 7) is 8.35. The third-order valence-electron chi connectivity index (χ3n) is 5.32. The Labute approximate surface area is 175 Å². The Balaban J connectivity index is 1.84. The van der Waals surface area contributed by atoms with Crippen LogP contribution in [0.15, 0.2) is 61.2 Å². The number of carboxylic acids is 1. The van der Waals surface area contributed by atoms with Crippen molar-refractivity contribution in [2.75, 3.05) is 19.7 Å². The number of pyridine rings is 1. The monoisotopic (exact) mass is 400 g/mol. The molecule has 1 aromatic heterocycles. The predicted octanol–water partition coefficient (Wildman–Crippen LogP) is 4.87. The Hall–Kier alpha value is -3.44. The number of rotatable bonds is 6. The molecule has 0 radical (unpaired) electrons. The van der Waals surface area contributed by atoms with E-state index in [-0.39, 0.29) is 0 Å². The summed E-state index contributed by atoms with van der Waals surface area (Å²) >= 11 is 0. The highest BCUT2D eigenvalue weighted by Crippen LogP contribution is 2.34. The fraction of sp³-hybridized carbons (Fsp3) is 0.200. The smallest absolute Gasteiger partial charge is 0.336 e. The normalized spacial score (nSPS) is 15.2. The van der Waals surface area contributed by atoms with Gasteiger partial charge in [0.1, 0.15) is 12.4 Å². The average molecular weight is 400 g/mol. The molecule has 2 aromatic carbocycles. The SMILES string of the molecule is C=CCOc1ccc(/C=C2\CN(CC)Cc3c2nc2ccccc2c3C(=O)O)cc1. The second-order valence-electron chi connectivity index (χ2n) is 7.28. The van der Waals surface area contributed by atoms with Crippen LogP contribution in [-0.4, -0.2) is 40.7 Å². The molecule has 0 aliphatic carbocycles. The van der Waals surface area contributed by atoms with Crippen LogP contribution in [0.5, 0.6) is 5.75 Å². The van der Waals surface area contributed by atoms with Gasteiger partial charge in [0.05, 0.1) is 16.8 Å². The van der Waals surface area contributed by atoms with E-state index in [4.69, 9.17) is 9.72 Å². The maximum atomic E-state index is 12.2. The Morgan fingerprint density at radius 3 is 2.67 bits per heavy atom. The highest BCUT2D eigenvalue weighted by atomic mass is 16.5. The number of likely N-dealkylation sites (N-methyl/N-ethyl adjacent to an activating group) is 1. The van der Waals surface area contributed by atoms with E-state index >= 15 is 0 Å². The van der Waals surface area contributed by atoms with Crippen LogP contribution >= 0.6 is 0 Å². The molecule has 0 saturated heterocycles. The van der Waals surface area contributed by atoms with Crippen LogP contribution in [0.3, 0.4) is 0 Å². The number of carboxylic acid groups (broad SMARTS) is 1. The van der Waals surface area contributed by atoms with Crippen molar-refractivity contribution in [3.8, 4) is 5.75 Å². The van der Waals surface area contributed by atoms with E-state index in [1.807, 2.05) is 48.5 Å². The van der Waals surface area contributed by atoms with E-state index in [9.17, 15) is 9.90 Å². The number of para-hydroxylation sites is 1. The van der Waals surface area contributed by atoms with E-state index in [0.717, 1.165) is 41.2 Å². The molecule has 0 fully saturated rings. The van der Waals surface area contributed by atoms with Crippen molar-refractivity contribution in [3.05, 3.63) is 83.6 Å². The summed E-state index contributed by atoms with van der Waals surface area (Å²) in [6.07, 6.45) is 3.80. The van der Waals surface area contributed by atoms with Gasteiger partial charge in [-0.15, -0.1) is 0 Å². The van der Waals surface area contributed by atoms with Gasteiger partial charge in [-0.25, -0.2) is 9.78 Å². The molecule has 4 rings (SSSR count). The Morgan fingerprint density at radius 1 is 1.20 bits per heavy atom.